The molecular formula is C18H22F2N2O3. The standard InChI is InChI=1S/C18H22F2N2O3/c1-10(2)7-8-22-11(3)15(17(23)25-4)16(21-18(22)24)12-5-6-13(19)14(20)9-12/h5-6,9-10,16H,7-8H2,1-4H3,(H,21,24)/t16-/m1/s1. The summed E-state index contributed by atoms with van der Waals surface area (Å²) in [7, 11) is 1.24. The van der Waals surface area contributed by atoms with E-state index < -0.39 is 23.6 Å². The normalized spacial score (nSPS) is 17.8. The second-order valence-corrected chi connectivity index (χ2v) is 6.38. The van der Waals surface area contributed by atoms with E-state index in [-0.39, 0.29) is 17.2 Å². The molecule has 1 aromatic rings. The van der Waals surface area contributed by atoms with Crippen LogP contribution >= 0.6 is 0 Å². The zero-order chi connectivity index (χ0) is 18.7. The van der Waals surface area contributed by atoms with Crippen molar-refractivity contribution in [2.24, 2.45) is 5.92 Å². The molecule has 0 aliphatic carbocycles. The molecule has 0 spiro atoms. The smallest absolute Gasteiger partial charge is 0.337 e. The van der Waals surface area contributed by atoms with Crippen molar-refractivity contribution in [1.29, 1.82) is 0 Å². The fraction of sp³-hybridized carbons (Fsp3) is 0.444. The first-order valence-corrected chi connectivity index (χ1v) is 8.08. The SMILES string of the molecule is COC(=O)C1=C(C)N(CCC(C)C)C(=O)N[C@@H]1c1ccc(F)c(F)c1. The molecule has 1 heterocycles. The van der Waals surface area contributed by atoms with Crippen molar-refractivity contribution in [3.63, 3.8) is 0 Å². The number of carbonyl (C=O) groups excluding carboxylic acids is 2. The number of ether oxygens (including phenoxy) is 1. The monoisotopic (exact) mass is 352 g/mol. The van der Waals surface area contributed by atoms with Gasteiger partial charge in [-0.25, -0.2) is 18.4 Å². The average molecular weight is 352 g/mol. The van der Waals surface area contributed by atoms with Crippen LogP contribution in [0.3, 0.4) is 0 Å². The molecule has 0 fully saturated rings. The molecule has 2 rings (SSSR count). The number of rotatable bonds is 5. The lowest BCUT2D eigenvalue weighted by molar-refractivity contribution is -0.136. The Labute approximate surface area is 145 Å². The third-order valence-electron chi connectivity index (χ3n) is 4.21. The Hall–Kier alpha value is -2.44. The molecule has 0 radical (unpaired) electrons. The first kappa shape index (κ1) is 18.9. The summed E-state index contributed by atoms with van der Waals surface area (Å²) in [5, 5.41) is 2.69. The zero-order valence-corrected chi connectivity index (χ0v) is 14.7. The molecule has 0 aromatic heterocycles. The lowest BCUT2D eigenvalue weighted by Gasteiger charge is -2.35. The molecule has 25 heavy (non-hydrogen) atoms. The van der Waals surface area contributed by atoms with Crippen LogP contribution in [0.4, 0.5) is 13.6 Å². The molecule has 0 bridgehead atoms. The number of nitrogens with zero attached hydrogens (tertiary/aromatic N) is 1. The molecule has 0 saturated heterocycles. The molecule has 1 aromatic carbocycles. The van der Waals surface area contributed by atoms with Gasteiger partial charge in [0.15, 0.2) is 11.6 Å². The predicted molar refractivity (Wildman–Crippen MR) is 88.5 cm³/mol. The number of methoxy groups -OCH3 is 1. The van der Waals surface area contributed by atoms with Gasteiger partial charge in [-0.3, -0.25) is 4.90 Å². The van der Waals surface area contributed by atoms with Crippen LogP contribution in [0.2, 0.25) is 0 Å². The van der Waals surface area contributed by atoms with Gasteiger partial charge in [0, 0.05) is 12.2 Å². The highest BCUT2D eigenvalue weighted by Gasteiger charge is 2.36. The lowest BCUT2D eigenvalue weighted by atomic mass is 9.94. The lowest BCUT2D eigenvalue weighted by Crippen LogP contribution is -2.48. The van der Waals surface area contributed by atoms with Gasteiger partial charge < -0.3 is 10.1 Å². The van der Waals surface area contributed by atoms with E-state index in [1.54, 1.807) is 6.92 Å². The summed E-state index contributed by atoms with van der Waals surface area (Å²) in [5.74, 6) is -2.28. The molecule has 0 saturated carbocycles. The fourth-order valence-corrected chi connectivity index (χ4v) is 2.75. The third-order valence-corrected chi connectivity index (χ3v) is 4.21. The maximum absolute atomic E-state index is 13.6. The Bertz CT molecular complexity index is 716. The minimum atomic E-state index is -1.05. The molecule has 1 atom stereocenters. The number of hydrogen-bond acceptors (Lipinski definition) is 3. The number of urea groups is 1. The minimum absolute atomic E-state index is 0.205. The van der Waals surface area contributed by atoms with Gasteiger partial charge in [0.2, 0.25) is 0 Å². The van der Waals surface area contributed by atoms with Crippen LogP contribution in [0.25, 0.3) is 0 Å². The first-order valence-electron chi connectivity index (χ1n) is 8.08. The van der Waals surface area contributed by atoms with Crippen molar-refractivity contribution in [2.45, 2.75) is 33.2 Å². The molecule has 1 aliphatic heterocycles. The maximum Gasteiger partial charge on any atom is 0.337 e. The molecule has 5 nitrogen and oxygen atoms in total. The van der Waals surface area contributed by atoms with Gasteiger partial charge in [-0.05, 0) is 37.0 Å². The third kappa shape index (κ3) is 3.97. The Morgan fingerprint density at radius 1 is 1.32 bits per heavy atom. The quantitative estimate of drug-likeness (QED) is 0.825. The summed E-state index contributed by atoms with van der Waals surface area (Å²) in [4.78, 5) is 26.2. The molecular weight excluding hydrogens is 330 g/mol. The Morgan fingerprint density at radius 2 is 2.00 bits per heavy atom. The van der Waals surface area contributed by atoms with Crippen molar-refractivity contribution in [3.05, 3.63) is 46.7 Å². The Kier molecular flexibility index (Phi) is 5.77. The van der Waals surface area contributed by atoms with Crippen molar-refractivity contribution in [3.8, 4) is 0 Å². The molecule has 136 valence electrons. The highest BCUT2D eigenvalue weighted by Crippen LogP contribution is 2.32. The minimum Gasteiger partial charge on any atom is -0.466 e. The predicted octanol–water partition coefficient (Wildman–Crippen LogP) is 3.52. The van der Waals surface area contributed by atoms with Crippen molar-refractivity contribution in [2.75, 3.05) is 13.7 Å². The summed E-state index contributed by atoms with van der Waals surface area (Å²) >= 11 is 0. The topological polar surface area (TPSA) is 58.6 Å². The summed E-state index contributed by atoms with van der Waals surface area (Å²) in [6, 6.07) is 1.99. The van der Waals surface area contributed by atoms with Crippen molar-refractivity contribution >= 4 is 12.0 Å². The molecule has 7 heteroatoms. The molecule has 1 N–H and O–H groups in total. The molecule has 2 amide bonds. The Balaban J connectivity index is 2.47. The van der Waals surface area contributed by atoms with Crippen LogP contribution in [-0.2, 0) is 9.53 Å². The number of esters is 1. The first-order chi connectivity index (χ1) is 11.8. The van der Waals surface area contributed by atoms with Crippen LogP contribution in [0, 0.1) is 17.6 Å². The van der Waals surface area contributed by atoms with Gasteiger partial charge >= 0.3 is 12.0 Å². The van der Waals surface area contributed by atoms with E-state index in [1.807, 2.05) is 13.8 Å². The van der Waals surface area contributed by atoms with E-state index in [9.17, 15) is 18.4 Å². The van der Waals surface area contributed by atoms with Gasteiger partial charge in [-0.1, -0.05) is 19.9 Å². The summed E-state index contributed by atoms with van der Waals surface area (Å²) in [6.07, 6.45) is 0.759. The van der Waals surface area contributed by atoms with Crippen molar-refractivity contribution < 1.29 is 23.1 Å². The molecule has 1 aliphatic rings. The Morgan fingerprint density at radius 3 is 2.56 bits per heavy atom. The number of nitrogens with one attached hydrogen (secondary N) is 1. The zero-order valence-electron chi connectivity index (χ0n) is 14.7. The average Bonchev–Trinajstić information content (AvgIpc) is 2.55. The summed E-state index contributed by atoms with van der Waals surface area (Å²) < 4.78 is 31.6. The number of hydrogen-bond donors (Lipinski definition) is 1. The van der Waals surface area contributed by atoms with Crippen LogP contribution < -0.4 is 5.32 Å². The van der Waals surface area contributed by atoms with Gasteiger partial charge in [0.25, 0.3) is 0 Å². The van der Waals surface area contributed by atoms with E-state index >= 15 is 0 Å². The van der Waals surface area contributed by atoms with Crippen molar-refractivity contribution in [1.82, 2.24) is 10.2 Å². The van der Waals surface area contributed by atoms with Crippen LogP contribution in [-0.4, -0.2) is 30.6 Å². The van der Waals surface area contributed by atoms with E-state index in [4.69, 9.17) is 4.74 Å². The van der Waals surface area contributed by atoms with Gasteiger partial charge in [-0.2, -0.15) is 0 Å². The fourth-order valence-electron chi connectivity index (χ4n) is 2.75. The summed E-state index contributed by atoms with van der Waals surface area (Å²) in [5.41, 5.74) is 0.929. The van der Waals surface area contributed by atoms with Crippen LogP contribution in [0.15, 0.2) is 29.5 Å². The molecule has 0 unspecified atom stereocenters. The number of benzene rings is 1. The second kappa shape index (κ2) is 7.63. The second-order valence-electron chi connectivity index (χ2n) is 6.38. The van der Waals surface area contributed by atoms with Gasteiger partial charge in [0.05, 0.1) is 18.7 Å². The summed E-state index contributed by atoms with van der Waals surface area (Å²) in [6.45, 7) is 6.16. The van der Waals surface area contributed by atoms with Gasteiger partial charge in [-0.15, -0.1) is 0 Å². The van der Waals surface area contributed by atoms with Gasteiger partial charge in [0.1, 0.15) is 0 Å². The van der Waals surface area contributed by atoms with E-state index in [0.29, 0.717) is 18.2 Å². The largest absolute Gasteiger partial charge is 0.466 e. The van der Waals surface area contributed by atoms with E-state index in [2.05, 4.69) is 5.32 Å². The maximum atomic E-state index is 13.6. The number of amides is 2. The highest BCUT2D eigenvalue weighted by atomic mass is 19.2. The number of carbonyl (C=O) groups is 2. The van der Waals surface area contributed by atoms with Crippen LogP contribution in [0.5, 0.6) is 0 Å². The van der Waals surface area contributed by atoms with Crippen LogP contribution in [0.1, 0.15) is 38.8 Å². The number of allylic oxidation sites excluding steroid dienone is 1. The van der Waals surface area contributed by atoms with E-state index in [0.717, 1.165) is 18.6 Å². The highest BCUT2D eigenvalue weighted by molar-refractivity contribution is 5.95. The number of halogens is 2. The van der Waals surface area contributed by atoms with E-state index in [1.165, 1.54) is 18.1 Å².